The highest BCUT2D eigenvalue weighted by molar-refractivity contribution is 6.21. The summed E-state index contributed by atoms with van der Waals surface area (Å²) in [5.41, 5.74) is -2.24. The maximum absolute atomic E-state index is 13.3. The maximum Gasteiger partial charge on any atom is 0.416 e. The van der Waals surface area contributed by atoms with E-state index in [1.165, 1.54) is 4.90 Å². The van der Waals surface area contributed by atoms with Crippen LogP contribution in [0.15, 0.2) is 72.8 Å². The predicted molar refractivity (Wildman–Crippen MR) is 129 cm³/mol. The normalized spacial score (nSPS) is 21.5. The Kier molecular flexibility index (Phi) is 6.78. The predicted octanol–water partition coefficient (Wildman–Crippen LogP) is 7.03. The summed E-state index contributed by atoms with van der Waals surface area (Å²) >= 11 is 0. The number of carbonyl (C=O) groups is 2. The molecule has 204 valence electrons. The number of nitrogens with zero attached hydrogens (tertiary/aromatic N) is 1. The summed E-state index contributed by atoms with van der Waals surface area (Å²) in [6.45, 7) is -0.493. The van der Waals surface area contributed by atoms with Gasteiger partial charge < -0.3 is 4.74 Å². The van der Waals surface area contributed by atoms with Crippen molar-refractivity contribution in [3.05, 3.63) is 106 Å². The number of amides is 2. The lowest BCUT2D eigenvalue weighted by Gasteiger charge is -2.31. The van der Waals surface area contributed by atoms with Gasteiger partial charge in [-0.3, -0.25) is 14.5 Å². The van der Waals surface area contributed by atoms with Gasteiger partial charge in [-0.15, -0.1) is 0 Å². The molecule has 3 aromatic rings. The van der Waals surface area contributed by atoms with Crippen LogP contribution in [0.2, 0.25) is 0 Å². The fraction of sp³-hybridized carbons (Fsp3) is 0.310. The van der Waals surface area contributed by atoms with E-state index in [0.29, 0.717) is 42.5 Å². The first kappa shape index (κ1) is 26.9. The summed E-state index contributed by atoms with van der Waals surface area (Å²) in [5.74, 6) is -0.761. The molecule has 0 saturated heterocycles. The van der Waals surface area contributed by atoms with Crippen molar-refractivity contribution in [2.75, 3.05) is 6.61 Å². The summed E-state index contributed by atoms with van der Waals surface area (Å²) in [6, 6.07) is 16.7. The molecule has 5 rings (SSSR count). The van der Waals surface area contributed by atoms with Crippen molar-refractivity contribution >= 4 is 11.8 Å². The highest BCUT2D eigenvalue weighted by Gasteiger charge is 2.48. The SMILES string of the molecule is O=C1c2ccccc2C(=O)N1[C@H]1CC[C@](COCc2cc(C(F)(F)F)cc(C(F)(F)F)c2)(c2ccccc2)C1. The number of benzene rings is 3. The lowest BCUT2D eigenvalue weighted by Crippen LogP contribution is -2.40. The maximum atomic E-state index is 13.3. The Labute approximate surface area is 220 Å². The fourth-order valence-electron chi connectivity index (χ4n) is 5.59. The molecule has 1 aliphatic carbocycles. The lowest BCUT2D eigenvalue weighted by molar-refractivity contribution is -0.143. The van der Waals surface area contributed by atoms with Gasteiger partial charge in [-0.25, -0.2) is 0 Å². The zero-order valence-electron chi connectivity index (χ0n) is 20.5. The number of carbonyl (C=O) groups excluding carboxylic acids is 2. The van der Waals surface area contributed by atoms with Crippen molar-refractivity contribution in [2.24, 2.45) is 0 Å². The second kappa shape index (κ2) is 9.82. The summed E-state index contributed by atoms with van der Waals surface area (Å²) in [5, 5.41) is 0. The Morgan fingerprint density at radius 1 is 0.795 bits per heavy atom. The number of fused-ring (bicyclic) bond motifs is 1. The minimum atomic E-state index is -4.95. The van der Waals surface area contributed by atoms with E-state index in [0.717, 1.165) is 5.56 Å². The van der Waals surface area contributed by atoms with Crippen LogP contribution in [-0.2, 0) is 29.1 Å². The molecule has 3 aromatic carbocycles. The van der Waals surface area contributed by atoms with E-state index < -0.39 is 41.5 Å². The van der Waals surface area contributed by atoms with Crippen LogP contribution in [-0.4, -0.2) is 29.4 Å². The molecule has 0 spiro atoms. The molecule has 0 bridgehead atoms. The standard InChI is InChI=1S/C29H23F6NO3/c30-28(31,32)20-12-18(13-21(14-20)29(33,34)35)16-39-17-27(19-6-2-1-3-7-19)11-10-22(15-27)36-25(37)23-8-4-5-9-24(23)26(36)38/h1-9,12-14,22H,10-11,15-17H2/t22-,27-/m0/s1. The molecule has 1 aliphatic heterocycles. The monoisotopic (exact) mass is 547 g/mol. The quantitative estimate of drug-likeness (QED) is 0.246. The lowest BCUT2D eigenvalue weighted by atomic mass is 9.79. The smallest absolute Gasteiger partial charge is 0.376 e. The second-order valence-corrected chi connectivity index (χ2v) is 9.98. The van der Waals surface area contributed by atoms with Gasteiger partial charge in [-0.2, -0.15) is 26.3 Å². The van der Waals surface area contributed by atoms with Crippen LogP contribution in [0.1, 0.15) is 62.2 Å². The van der Waals surface area contributed by atoms with E-state index in [9.17, 15) is 35.9 Å². The first-order valence-corrected chi connectivity index (χ1v) is 12.3. The van der Waals surface area contributed by atoms with Gasteiger partial charge in [0, 0.05) is 11.5 Å². The minimum absolute atomic E-state index is 0.0196. The third kappa shape index (κ3) is 5.17. The molecular weight excluding hydrogens is 524 g/mol. The average Bonchev–Trinajstić information content (AvgIpc) is 3.43. The van der Waals surface area contributed by atoms with Gasteiger partial charge in [-0.1, -0.05) is 42.5 Å². The number of alkyl halides is 6. The topological polar surface area (TPSA) is 46.6 Å². The Balaban J connectivity index is 1.38. The van der Waals surface area contributed by atoms with Gasteiger partial charge in [0.2, 0.25) is 0 Å². The van der Waals surface area contributed by atoms with Crippen LogP contribution in [0, 0.1) is 0 Å². The van der Waals surface area contributed by atoms with Crippen molar-refractivity contribution < 1.29 is 40.7 Å². The third-order valence-corrected chi connectivity index (χ3v) is 7.45. The number of halogens is 6. The Morgan fingerprint density at radius 2 is 1.33 bits per heavy atom. The molecule has 1 heterocycles. The van der Waals surface area contributed by atoms with E-state index in [2.05, 4.69) is 0 Å². The molecule has 0 radical (unpaired) electrons. The Bertz CT molecular complexity index is 1330. The van der Waals surface area contributed by atoms with E-state index in [-0.39, 0.29) is 30.1 Å². The molecule has 0 unspecified atom stereocenters. The molecular formula is C29H23F6NO3. The molecule has 10 heteroatoms. The van der Waals surface area contributed by atoms with Crippen molar-refractivity contribution in [2.45, 2.75) is 49.7 Å². The molecule has 0 aromatic heterocycles. The van der Waals surface area contributed by atoms with Crippen molar-refractivity contribution in [3.8, 4) is 0 Å². The van der Waals surface area contributed by atoms with Crippen LogP contribution in [0.5, 0.6) is 0 Å². The van der Waals surface area contributed by atoms with Crippen molar-refractivity contribution in [3.63, 3.8) is 0 Å². The Hall–Kier alpha value is -3.66. The van der Waals surface area contributed by atoms with Gasteiger partial charge >= 0.3 is 12.4 Å². The number of hydrogen-bond acceptors (Lipinski definition) is 3. The summed E-state index contributed by atoms with van der Waals surface area (Å²) in [7, 11) is 0. The van der Waals surface area contributed by atoms with E-state index in [4.69, 9.17) is 4.74 Å². The van der Waals surface area contributed by atoms with E-state index in [1.54, 1.807) is 24.3 Å². The highest BCUT2D eigenvalue weighted by Crippen LogP contribution is 2.45. The van der Waals surface area contributed by atoms with Gasteiger partial charge in [0.15, 0.2) is 0 Å². The van der Waals surface area contributed by atoms with Crippen LogP contribution < -0.4 is 0 Å². The van der Waals surface area contributed by atoms with Crippen molar-refractivity contribution in [1.29, 1.82) is 0 Å². The van der Waals surface area contributed by atoms with Crippen LogP contribution in [0.3, 0.4) is 0 Å². The molecule has 4 nitrogen and oxygen atoms in total. The molecule has 39 heavy (non-hydrogen) atoms. The summed E-state index contributed by atoms with van der Waals surface area (Å²) in [4.78, 5) is 27.4. The molecule has 1 fully saturated rings. The molecule has 2 amide bonds. The van der Waals surface area contributed by atoms with Crippen LogP contribution in [0.4, 0.5) is 26.3 Å². The van der Waals surface area contributed by atoms with Gasteiger partial charge in [0.05, 0.1) is 35.5 Å². The summed E-state index contributed by atoms with van der Waals surface area (Å²) < 4.78 is 85.4. The van der Waals surface area contributed by atoms with Gasteiger partial charge in [-0.05, 0) is 60.7 Å². The fourth-order valence-corrected chi connectivity index (χ4v) is 5.59. The summed E-state index contributed by atoms with van der Waals surface area (Å²) in [6.07, 6.45) is -8.57. The molecule has 2 atom stereocenters. The first-order chi connectivity index (χ1) is 18.4. The second-order valence-electron chi connectivity index (χ2n) is 9.98. The number of rotatable bonds is 6. The van der Waals surface area contributed by atoms with Gasteiger partial charge in [0.1, 0.15) is 0 Å². The zero-order valence-corrected chi connectivity index (χ0v) is 20.5. The average molecular weight is 547 g/mol. The van der Waals surface area contributed by atoms with Gasteiger partial charge in [0.25, 0.3) is 11.8 Å². The highest BCUT2D eigenvalue weighted by atomic mass is 19.4. The van der Waals surface area contributed by atoms with Crippen LogP contribution in [0.25, 0.3) is 0 Å². The molecule has 0 N–H and O–H groups in total. The zero-order chi connectivity index (χ0) is 28.0. The number of hydrogen-bond donors (Lipinski definition) is 0. The number of imide groups is 1. The minimum Gasteiger partial charge on any atom is -0.376 e. The van der Waals surface area contributed by atoms with E-state index >= 15 is 0 Å². The Morgan fingerprint density at radius 3 is 1.87 bits per heavy atom. The van der Waals surface area contributed by atoms with Crippen LogP contribution >= 0.6 is 0 Å². The molecule has 1 saturated carbocycles. The number of ether oxygens (including phenoxy) is 1. The third-order valence-electron chi connectivity index (χ3n) is 7.45. The van der Waals surface area contributed by atoms with E-state index in [1.807, 2.05) is 30.3 Å². The first-order valence-electron chi connectivity index (χ1n) is 12.3. The van der Waals surface area contributed by atoms with Crippen molar-refractivity contribution in [1.82, 2.24) is 4.90 Å². The largest absolute Gasteiger partial charge is 0.416 e. The molecule has 2 aliphatic rings.